The van der Waals surface area contributed by atoms with E-state index in [-0.39, 0.29) is 18.9 Å². The molecule has 0 saturated heterocycles. The Hall–Kier alpha value is -3.41. The number of benzene rings is 2. The van der Waals surface area contributed by atoms with Crippen LogP contribution < -0.4 is 4.90 Å². The van der Waals surface area contributed by atoms with Crippen LogP contribution in [0.1, 0.15) is 28.8 Å². The Kier molecular flexibility index (Phi) is 5.19. The lowest BCUT2D eigenvalue weighted by molar-refractivity contribution is -0.119. The van der Waals surface area contributed by atoms with Gasteiger partial charge in [-0.05, 0) is 36.6 Å². The number of carbonyl (C=O) groups excluding carboxylic acids is 2. The van der Waals surface area contributed by atoms with Gasteiger partial charge in [0, 0.05) is 30.2 Å². The first-order valence-corrected chi connectivity index (χ1v) is 9.37. The van der Waals surface area contributed by atoms with Gasteiger partial charge in [-0.1, -0.05) is 30.3 Å². The number of carbonyl (C=O) groups is 2. The molecule has 142 valence electrons. The second-order valence-electron chi connectivity index (χ2n) is 6.68. The maximum atomic E-state index is 12.6. The number of nitrogens with one attached hydrogen (secondary N) is 1. The Bertz CT molecular complexity index is 965. The topological polar surface area (TPSA) is 75.3 Å². The predicted octanol–water partition coefficient (Wildman–Crippen LogP) is 3.60. The molecule has 4 rings (SSSR count). The Morgan fingerprint density at radius 3 is 2.71 bits per heavy atom. The SMILES string of the molecule is O=C(OCCC(=O)N1CCCc2ccccc21)c1ccc(-c2ncc[nH]2)cc1. The zero-order valence-electron chi connectivity index (χ0n) is 15.4. The highest BCUT2D eigenvalue weighted by atomic mass is 16.5. The molecule has 0 unspecified atom stereocenters. The fraction of sp³-hybridized carbons (Fsp3) is 0.227. The number of esters is 1. The van der Waals surface area contributed by atoms with Crippen molar-refractivity contribution < 1.29 is 14.3 Å². The zero-order valence-corrected chi connectivity index (χ0v) is 15.4. The van der Waals surface area contributed by atoms with Crippen molar-refractivity contribution in [2.45, 2.75) is 19.3 Å². The van der Waals surface area contributed by atoms with E-state index in [1.54, 1.807) is 29.4 Å². The number of para-hydroxylation sites is 1. The highest BCUT2D eigenvalue weighted by Gasteiger charge is 2.22. The number of anilines is 1. The molecule has 1 aliphatic rings. The summed E-state index contributed by atoms with van der Waals surface area (Å²) in [6.45, 7) is 0.772. The molecule has 2 aromatic carbocycles. The van der Waals surface area contributed by atoms with E-state index in [1.165, 1.54) is 5.56 Å². The monoisotopic (exact) mass is 375 g/mol. The highest BCUT2D eigenvalue weighted by molar-refractivity contribution is 5.95. The normalized spacial score (nSPS) is 13.1. The summed E-state index contributed by atoms with van der Waals surface area (Å²) in [7, 11) is 0. The highest BCUT2D eigenvalue weighted by Crippen LogP contribution is 2.27. The molecular formula is C22H21N3O3. The number of H-pyrrole nitrogens is 1. The number of hydrogen-bond donors (Lipinski definition) is 1. The van der Waals surface area contributed by atoms with E-state index < -0.39 is 5.97 Å². The number of aryl methyl sites for hydroxylation is 1. The Morgan fingerprint density at radius 2 is 1.93 bits per heavy atom. The molecule has 2 heterocycles. The first kappa shape index (κ1) is 18.0. The second kappa shape index (κ2) is 8.08. The number of nitrogens with zero attached hydrogens (tertiary/aromatic N) is 2. The van der Waals surface area contributed by atoms with Crippen LogP contribution in [-0.2, 0) is 16.0 Å². The summed E-state index contributed by atoms with van der Waals surface area (Å²) >= 11 is 0. The van der Waals surface area contributed by atoms with Gasteiger partial charge in [-0.15, -0.1) is 0 Å². The van der Waals surface area contributed by atoms with Gasteiger partial charge in [-0.2, -0.15) is 0 Å². The summed E-state index contributed by atoms with van der Waals surface area (Å²) in [5.41, 5.74) is 3.50. The first-order chi connectivity index (χ1) is 13.7. The van der Waals surface area contributed by atoms with Crippen molar-refractivity contribution >= 4 is 17.6 Å². The van der Waals surface area contributed by atoms with Crippen molar-refractivity contribution in [2.24, 2.45) is 0 Å². The third-order valence-corrected chi connectivity index (χ3v) is 4.85. The van der Waals surface area contributed by atoms with E-state index in [9.17, 15) is 9.59 Å². The van der Waals surface area contributed by atoms with Crippen molar-refractivity contribution in [1.29, 1.82) is 0 Å². The number of aromatic nitrogens is 2. The molecule has 1 aromatic heterocycles. The van der Waals surface area contributed by atoms with E-state index in [0.29, 0.717) is 12.1 Å². The molecule has 6 nitrogen and oxygen atoms in total. The van der Waals surface area contributed by atoms with Crippen LogP contribution in [0.25, 0.3) is 11.4 Å². The van der Waals surface area contributed by atoms with E-state index in [1.807, 2.05) is 30.3 Å². The molecule has 0 saturated carbocycles. The molecule has 0 radical (unpaired) electrons. The molecule has 0 spiro atoms. The third kappa shape index (κ3) is 3.81. The summed E-state index contributed by atoms with van der Waals surface area (Å²) in [4.78, 5) is 33.8. The molecule has 1 aliphatic heterocycles. The van der Waals surface area contributed by atoms with Gasteiger partial charge in [0.1, 0.15) is 12.4 Å². The molecular weight excluding hydrogens is 354 g/mol. The number of ether oxygens (including phenoxy) is 1. The molecule has 1 N–H and O–H groups in total. The van der Waals surface area contributed by atoms with Gasteiger partial charge in [-0.3, -0.25) is 4.79 Å². The van der Waals surface area contributed by atoms with E-state index >= 15 is 0 Å². The zero-order chi connectivity index (χ0) is 19.3. The van der Waals surface area contributed by atoms with Crippen LogP contribution >= 0.6 is 0 Å². The number of imidazole rings is 1. The van der Waals surface area contributed by atoms with Gasteiger partial charge in [-0.25, -0.2) is 9.78 Å². The average molecular weight is 375 g/mol. The van der Waals surface area contributed by atoms with Crippen LogP contribution in [0, 0.1) is 0 Å². The van der Waals surface area contributed by atoms with Crippen LogP contribution in [0.5, 0.6) is 0 Å². The summed E-state index contributed by atoms with van der Waals surface area (Å²) in [5, 5.41) is 0. The lowest BCUT2D eigenvalue weighted by Gasteiger charge is -2.29. The van der Waals surface area contributed by atoms with Crippen molar-refractivity contribution in [1.82, 2.24) is 9.97 Å². The fourth-order valence-corrected chi connectivity index (χ4v) is 3.43. The molecule has 3 aromatic rings. The predicted molar refractivity (Wildman–Crippen MR) is 106 cm³/mol. The maximum absolute atomic E-state index is 12.6. The van der Waals surface area contributed by atoms with Crippen LogP contribution in [0.4, 0.5) is 5.69 Å². The smallest absolute Gasteiger partial charge is 0.338 e. The number of hydrogen-bond acceptors (Lipinski definition) is 4. The minimum Gasteiger partial charge on any atom is -0.462 e. The number of aromatic amines is 1. The van der Waals surface area contributed by atoms with Gasteiger partial charge in [0.25, 0.3) is 0 Å². The number of rotatable bonds is 5. The van der Waals surface area contributed by atoms with Gasteiger partial charge >= 0.3 is 5.97 Å². The van der Waals surface area contributed by atoms with Crippen LogP contribution in [0.3, 0.4) is 0 Å². The molecule has 0 fully saturated rings. The standard InChI is InChI=1S/C22H21N3O3/c26-20(25-14-3-5-16-4-1-2-6-19(16)25)11-15-28-22(27)18-9-7-17(8-10-18)21-23-12-13-24-21/h1-2,4,6-10,12-13H,3,5,11,14-15H2,(H,23,24). The molecule has 28 heavy (non-hydrogen) atoms. The van der Waals surface area contributed by atoms with Gasteiger partial charge in [0.15, 0.2) is 0 Å². The average Bonchev–Trinajstić information content (AvgIpc) is 3.28. The number of fused-ring (bicyclic) bond motifs is 1. The summed E-state index contributed by atoms with van der Waals surface area (Å²) < 4.78 is 5.30. The summed E-state index contributed by atoms with van der Waals surface area (Å²) in [5.74, 6) is 0.290. The van der Waals surface area contributed by atoms with Crippen molar-refractivity contribution in [3.05, 3.63) is 72.1 Å². The molecule has 0 atom stereocenters. The van der Waals surface area contributed by atoms with Crippen LogP contribution in [0.2, 0.25) is 0 Å². The van der Waals surface area contributed by atoms with E-state index in [2.05, 4.69) is 16.0 Å². The van der Waals surface area contributed by atoms with Gasteiger partial charge in [0.2, 0.25) is 5.91 Å². The maximum Gasteiger partial charge on any atom is 0.338 e. The second-order valence-corrected chi connectivity index (χ2v) is 6.68. The molecule has 0 aliphatic carbocycles. The molecule has 6 heteroatoms. The number of amides is 1. The Labute approximate surface area is 163 Å². The summed E-state index contributed by atoms with van der Waals surface area (Å²) in [6, 6.07) is 15.0. The van der Waals surface area contributed by atoms with E-state index in [4.69, 9.17) is 4.74 Å². The van der Waals surface area contributed by atoms with E-state index in [0.717, 1.165) is 29.9 Å². The minimum atomic E-state index is -0.433. The quantitative estimate of drug-likeness (QED) is 0.692. The molecule has 1 amide bonds. The lowest BCUT2D eigenvalue weighted by Crippen LogP contribution is -2.36. The van der Waals surface area contributed by atoms with Crippen molar-refractivity contribution in [3.8, 4) is 11.4 Å². The summed E-state index contributed by atoms with van der Waals surface area (Å²) in [6.07, 6.45) is 5.53. The van der Waals surface area contributed by atoms with Crippen LogP contribution in [0.15, 0.2) is 60.9 Å². The van der Waals surface area contributed by atoms with Gasteiger partial charge in [0.05, 0.1) is 12.0 Å². The molecule has 0 bridgehead atoms. The lowest BCUT2D eigenvalue weighted by atomic mass is 10.0. The Morgan fingerprint density at radius 1 is 1.11 bits per heavy atom. The van der Waals surface area contributed by atoms with Crippen molar-refractivity contribution in [2.75, 3.05) is 18.1 Å². The minimum absolute atomic E-state index is 0.0203. The first-order valence-electron chi connectivity index (χ1n) is 9.37. The fourth-order valence-electron chi connectivity index (χ4n) is 3.43. The largest absolute Gasteiger partial charge is 0.462 e. The van der Waals surface area contributed by atoms with Crippen LogP contribution in [-0.4, -0.2) is 35.0 Å². The van der Waals surface area contributed by atoms with Gasteiger partial charge < -0.3 is 14.6 Å². The Balaban J connectivity index is 1.31. The third-order valence-electron chi connectivity index (χ3n) is 4.85. The van der Waals surface area contributed by atoms with Crippen molar-refractivity contribution in [3.63, 3.8) is 0 Å².